The molecule has 0 spiro atoms. The number of aliphatic hydroxyl groups is 1. The number of rotatable bonds is 5. The summed E-state index contributed by atoms with van der Waals surface area (Å²) in [6.07, 6.45) is 6.55. The van der Waals surface area contributed by atoms with Gasteiger partial charge in [0, 0.05) is 18.3 Å². The predicted octanol–water partition coefficient (Wildman–Crippen LogP) is 2.63. The fourth-order valence-electron chi connectivity index (χ4n) is 3.73. The first-order valence-corrected chi connectivity index (χ1v) is 10.1. The van der Waals surface area contributed by atoms with E-state index in [4.69, 9.17) is 5.73 Å². The lowest BCUT2D eigenvalue weighted by Gasteiger charge is -2.27. The summed E-state index contributed by atoms with van der Waals surface area (Å²) in [6.45, 7) is 4.05. The summed E-state index contributed by atoms with van der Waals surface area (Å²) in [5, 5.41) is 16.1. The zero-order valence-corrected chi connectivity index (χ0v) is 16.3. The van der Waals surface area contributed by atoms with E-state index in [1.165, 1.54) is 12.3 Å². The third-order valence-corrected chi connectivity index (χ3v) is 5.41. The number of hydrogen-bond donors (Lipinski definition) is 4. The fraction of sp³-hybridized carbons (Fsp3) is 0.429. The lowest BCUT2D eigenvalue weighted by molar-refractivity contribution is 0.118. The maximum atomic E-state index is 14.1. The van der Waals surface area contributed by atoms with Crippen molar-refractivity contribution in [3.8, 4) is 0 Å². The minimum Gasteiger partial charge on any atom is -0.403 e. The Labute approximate surface area is 169 Å². The summed E-state index contributed by atoms with van der Waals surface area (Å²) in [5.74, 6) is 1.32. The second kappa shape index (κ2) is 8.24. The van der Waals surface area contributed by atoms with E-state index < -0.39 is 0 Å². The Morgan fingerprint density at radius 2 is 1.97 bits per heavy atom. The zero-order chi connectivity index (χ0) is 20.4. The number of nitrogens with two attached hydrogens (primary N) is 1. The molecule has 0 aromatic heterocycles. The first-order valence-electron chi connectivity index (χ1n) is 10.1. The van der Waals surface area contributed by atoms with Crippen molar-refractivity contribution in [3.63, 3.8) is 0 Å². The Morgan fingerprint density at radius 3 is 2.62 bits per heavy atom. The van der Waals surface area contributed by atoms with E-state index in [2.05, 4.69) is 27.2 Å². The van der Waals surface area contributed by atoms with Crippen molar-refractivity contribution in [2.24, 2.45) is 15.7 Å². The third kappa shape index (κ3) is 4.42. The third-order valence-electron chi connectivity index (χ3n) is 5.41. The van der Waals surface area contributed by atoms with Crippen LogP contribution >= 0.6 is 0 Å². The van der Waals surface area contributed by atoms with E-state index in [-0.39, 0.29) is 24.0 Å². The predicted molar refractivity (Wildman–Crippen MR) is 113 cm³/mol. The molecule has 0 unspecified atom stereocenters. The van der Waals surface area contributed by atoms with E-state index in [9.17, 15) is 9.50 Å². The molecule has 0 amide bonds. The van der Waals surface area contributed by atoms with E-state index in [1.807, 2.05) is 4.90 Å². The molecule has 154 valence electrons. The molecule has 7 nitrogen and oxygen atoms in total. The molecule has 2 aliphatic carbocycles. The molecule has 8 heteroatoms. The first-order chi connectivity index (χ1) is 14.0. The van der Waals surface area contributed by atoms with Crippen molar-refractivity contribution in [3.05, 3.63) is 54.4 Å². The summed E-state index contributed by atoms with van der Waals surface area (Å²) in [6, 6.07) is 6.98. The number of halogens is 1. The molecule has 1 aromatic rings. The van der Waals surface area contributed by atoms with Crippen LogP contribution in [0.4, 0.5) is 10.1 Å². The summed E-state index contributed by atoms with van der Waals surface area (Å²) >= 11 is 0. The van der Waals surface area contributed by atoms with Gasteiger partial charge in [0.2, 0.25) is 5.96 Å². The van der Waals surface area contributed by atoms with Gasteiger partial charge in [-0.05, 0) is 50.7 Å². The highest BCUT2D eigenvalue weighted by Crippen LogP contribution is 2.33. The molecule has 29 heavy (non-hydrogen) atoms. The van der Waals surface area contributed by atoms with Gasteiger partial charge in [-0.3, -0.25) is 4.90 Å². The highest BCUT2D eigenvalue weighted by molar-refractivity contribution is 6.18. The molecule has 0 radical (unpaired) electrons. The molecule has 0 saturated heterocycles. The average molecular weight is 398 g/mol. The second-order valence-electron chi connectivity index (χ2n) is 7.73. The molecule has 2 fully saturated rings. The number of aliphatic hydroxyl groups excluding tert-OH is 1. The number of benzene rings is 1. The van der Waals surface area contributed by atoms with E-state index in [0.29, 0.717) is 29.0 Å². The van der Waals surface area contributed by atoms with Gasteiger partial charge >= 0.3 is 0 Å². The summed E-state index contributed by atoms with van der Waals surface area (Å²) < 4.78 is 14.1. The maximum absolute atomic E-state index is 14.1. The number of guanidine groups is 1. The SMILES string of the molecule is C=C(/N=C1\C(=C/N)N=C(Nc2ccccc2F)N1C1CC1)N[C@H]1CC[C@H](O)CC1. The normalized spacial score (nSPS) is 27.2. The summed E-state index contributed by atoms with van der Waals surface area (Å²) in [5.41, 5.74) is 6.69. The Balaban J connectivity index is 1.52. The number of aliphatic imine (C=N–C) groups is 2. The van der Waals surface area contributed by atoms with Crippen LogP contribution in [0, 0.1) is 5.82 Å². The molecular weight excluding hydrogens is 371 g/mol. The quantitative estimate of drug-likeness (QED) is 0.611. The van der Waals surface area contributed by atoms with Crippen LogP contribution in [-0.2, 0) is 0 Å². The van der Waals surface area contributed by atoms with E-state index >= 15 is 0 Å². The second-order valence-corrected chi connectivity index (χ2v) is 7.73. The average Bonchev–Trinajstić information content (AvgIpc) is 3.48. The maximum Gasteiger partial charge on any atom is 0.210 e. The number of amidine groups is 1. The van der Waals surface area contributed by atoms with Crippen molar-refractivity contribution in [2.45, 2.75) is 56.7 Å². The van der Waals surface area contributed by atoms with E-state index in [1.54, 1.807) is 18.2 Å². The molecule has 1 aromatic carbocycles. The van der Waals surface area contributed by atoms with Crippen LogP contribution in [0.2, 0.25) is 0 Å². The molecule has 0 atom stereocenters. The van der Waals surface area contributed by atoms with Gasteiger partial charge < -0.3 is 21.5 Å². The fourth-order valence-corrected chi connectivity index (χ4v) is 3.73. The van der Waals surface area contributed by atoms with Gasteiger partial charge in [-0.1, -0.05) is 18.7 Å². The largest absolute Gasteiger partial charge is 0.403 e. The molecular formula is C21H27FN6O. The smallest absolute Gasteiger partial charge is 0.210 e. The summed E-state index contributed by atoms with van der Waals surface area (Å²) in [7, 11) is 0. The summed E-state index contributed by atoms with van der Waals surface area (Å²) in [4.78, 5) is 11.2. The molecule has 5 N–H and O–H groups in total. The van der Waals surface area contributed by atoms with Crippen molar-refractivity contribution in [2.75, 3.05) is 5.32 Å². The van der Waals surface area contributed by atoms with Gasteiger partial charge in [-0.15, -0.1) is 0 Å². The van der Waals surface area contributed by atoms with Crippen LogP contribution in [0.5, 0.6) is 0 Å². The van der Waals surface area contributed by atoms with Gasteiger partial charge in [-0.25, -0.2) is 14.4 Å². The van der Waals surface area contributed by atoms with Crippen molar-refractivity contribution >= 4 is 17.5 Å². The molecule has 1 aliphatic heterocycles. The Hall–Kier alpha value is -2.87. The van der Waals surface area contributed by atoms with Gasteiger partial charge in [0.15, 0.2) is 5.84 Å². The van der Waals surface area contributed by atoms with Gasteiger partial charge in [0.1, 0.15) is 17.3 Å². The first kappa shape index (κ1) is 19.4. The molecule has 1 heterocycles. The number of anilines is 1. The topological polar surface area (TPSA) is 98.3 Å². The molecule has 3 aliphatic rings. The molecule has 0 bridgehead atoms. The van der Waals surface area contributed by atoms with Crippen molar-refractivity contribution in [1.29, 1.82) is 0 Å². The van der Waals surface area contributed by atoms with Crippen LogP contribution in [0.15, 0.2) is 58.5 Å². The lowest BCUT2D eigenvalue weighted by atomic mass is 9.93. The van der Waals surface area contributed by atoms with Gasteiger partial charge in [0.25, 0.3) is 0 Å². The van der Waals surface area contributed by atoms with Crippen LogP contribution in [0.1, 0.15) is 38.5 Å². The number of para-hydroxylation sites is 1. The van der Waals surface area contributed by atoms with E-state index in [0.717, 1.165) is 38.5 Å². The molecule has 4 rings (SSSR count). The van der Waals surface area contributed by atoms with Crippen molar-refractivity contribution in [1.82, 2.24) is 10.2 Å². The highest BCUT2D eigenvalue weighted by Gasteiger charge is 2.40. The number of hydrogen-bond acceptors (Lipinski definition) is 6. The Morgan fingerprint density at radius 1 is 1.24 bits per heavy atom. The van der Waals surface area contributed by atoms with Crippen molar-refractivity contribution < 1.29 is 9.50 Å². The minimum absolute atomic E-state index is 0.208. The van der Waals surface area contributed by atoms with Gasteiger partial charge in [-0.2, -0.15) is 0 Å². The number of nitrogens with one attached hydrogen (secondary N) is 2. The van der Waals surface area contributed by atoms with Gasteiger partial charge in [0.05, 0.1) is 11.8 Å². The van der Waals surface area contributed by atoms with Crippen LogP contribution < -0.4 is 16.4 Å². The standard InChI is InChI=1S/C21H27FN6O/c1-13(24-14-6-10-16(29)11-7-14)25-20-19(12-23)27-21(28(20)15-8-9-15)26-18-5-3-2-4-17(18)22/h2-5,12,14-16,24,29H,1,6-11,23H2,(H,26,27)/b19-12+,25-20+/t14-,16-. The van der Waals surface area contributed by atoms with Crippen LogP contribution in [-0.4, -0.2) is 40.0 Å². The Bertz CT molecular complexity index is 868. The zero-order valence-electron chi connectivity index (χ0n) is 16.3. The van der Waals surface area contributed by atoms with Crippen LogP contribution in [0.3, 0.4) is 0 Å². The Kier molecular flexibility index (Phi) is 5.53. The number of nitrogens with zero attached hydrogens (tertiary/aromatic N) is 3. The molecule has 2 saturated carbocycles. The minimum atomic E-state index is -0.347. The lowest BCUT2D eigenvalue weighted by Crippen LogP contribution is -2.39. The highest BCUT2D eigenvalue weighted by atomic mass is 19.1. The monoisotopic (exact) mass is 398 g/mol. The van der Waals surface area contributed by atoms with Crippen LogP contribution in [0.25, 0.3) is 0 Å².